The van der Waals surface area contributed by atoms with Crippen LogP contribution in [0.1, 0.15) is 88.0 Å². The highest BCUT2D eigenvalue weighted by Crippen LogP contribution is 2.39. The summed E-state index contributed by atoms with van der Waals surface area (Å²) in [5, 5.41) is 0. The van der Waals surface area contributed by atoms with Crippen molar-refractivity contribution in [2.45, 2.75) is 122 Å². The fraction of sp³-hybridized carbons (Fsp3) is 0.840. The third kappa shape index (κ3) is 5.89. The molecule has 2 saturated heterocycles. The zero-order chi connectivity index (χ0) is 24.0. The molecular formula is C25H44N2O4. The first kappa shape index (κ1) is 25.9. The third-order valence-corrected chi connectivity index (χ3v) is 7.75. The molecule has 0 spiro atoms. The van der Waals surface area contributed by atoms with E-state index in [-0.39, 0.29) is 39.9 Å². The number of nitrogens with zero attached hydrogens (tertiary/aromatic N) is 2. The lowest BCUT2D eigenvalue weighted by Gasteiger charge is -2.53. The van der Waals surface area contributed by atoms with Crippen molar-refractivity contribution < 1.29 is 19.1 Å². The van der Waals surface area contributed by atoms with E-state index in [0.29, 0.717) is 0 Å². The average Bonchev–Trinajstić information content (AvgIpc) is 2.56. The smallest absolute Gasteiger partial charge is 0.334 e. The Morgan fingerprint density at radius 1 is 0.710 bits per heavy atom. The monoisotopic (exact) mass is 436 g/mol. The molecule has 0 aromatic heterocycles. The van der Waals surface area contributed by atoms with Gasteiger partial charge < -0.3 is 9.47 Å². The van der Waals surface area contributed by atoms with Gasteiger partial charge in [-0.3, -0.25) is 9.80 Å². The van der Waals surface area contributed by atoms with Crippen LogP contribution in [0.2, 0.25) is 0 Å². The molecule has 0 atom stereocenters. The van der Waals surface area contributed by atoms with Crippen LogP contribution in [0.3, 0.4) is 0 Å². The molecule has 0 unspecified atom stereocenters. The zero-order valence-electron chi connectivity index (χ0n) is 21.6. The molecule has 0 N–H and O–H groups in total. The van der Waals surface area contributed by atoms with Crippen molar-refractivity contribution in [1.82, 2.24) is 9.80 Å². The molecule has 31 heavy (non-hydrogen) atoms. The molecule has 2 fully saturated rings. The molecule has 6 heteroatoms. The Labute approximate surface area is 189 Å². The maximum Gasteiger partial charge on any atom is 0.334 e. The van der Waals surface area contributed by atoms with E-state index in [2.05, 4.69) is 79.3 Å². The molecule has 2 aliphatic heterocycles. The van der Waals surface area contributed by atoms with Crippen LogP contribution < -0.4 is 0 Å². The molecule has 0 saturated carbocycles. The number of ether oxygens (including phenoxy) is 2. The highest BCUT2D eigenvalue weighted by Gasteiger charge is 2.45. The molecule has 0 radical (unpaired) electrons. The average molecular weight is 437 g/mol. The first-order valence-corrected chi connectivity index (χ1v) is 11.5. The van der Waals surface area contributed by atoms with Crippen molar-refractivity contribution >= 4 is 11.9 Å². The van der Waals surface area contributed by atoms with Crippen LogP contribution in [0.25, 0.3) is 0 Å². The van der Waals surface area contributed by atoms with Gasteiger partial charge in [-0.1, -0.05) is 0 Å². The van der Waals surface area contributed by atoms with E-state index in [4.69, 9.17) is 9.47 Å². The van der Waals surface area contributed by atoms with Gasteiger partial charge in [-0.2, -0.15) is 0 Å². The van der Waals surface area contributed by atoms with Gasteiger partial charge in [0, 0.05) is 59.5 Å². The van der Waals surface area contributed by atoms with Gasteiger partial charge in [0.1, 0.15) is 12.2 Å². The molecule has 2 rings (SSSR count). The van der Waals surface area contributed by atoms with Crippen LogP contribution >= 0.6 is 0 Å². The molecule has 2 aliphatic rings. The Kier molecular flexibility index (Phi) is 7.10. The fourth-order valence-electron chi connectivity index (χ4n) is 5.40. The third-order valence-electron chi connectivity index (χ3n) is 7.75. The fourth-order valence-corrected chi connectivity index (χ4v) is 5.40. The number of rotatable bonds is 4. The summed E-state index contributed by atoms with van der Waals surface area (Å²) in [6.07, 6.45) is 3.97. The summed E-state index contributed by atoms with van der Waals surface area (Å²) < 4.78 is 11.5. The highest BCUT2D eigenvalue weighted by molar-refractivity contribution is 5.96. The molecule has 0 aromatic carbocycles. The lowest BCUT2D eigenvalue weighted by atomic mass is 9.78. The summed E-state index contributed by atoms with van der Waals surface area (Å²) in [5.41, 5.74) is -0.00412. The van der Waals surface area contributed by atoms with Gasteiger partial charge >= 0.3 is 11.9 Å². The Morgan fingerprint density at radius 3 is 1.39 bits per heavy atom. The molecule has 6 nitrogen and oxygen atoms in total. The molecule has 2 heterocycles. The molecule has 0 aromatic rings. The van der Waals surface area contributed by atoms with Gasteiger partial charge in [0.2, 0.25) is 0 Å². The molecule has 0 aliphatic carbocycles. The summed E-state index contributed by atoms with van der Waals surface area (Å²) in [7, 11) is 4.23. The van der Waals surface area contributed by atoms with Crippen LogP contribution in [0, 0.1) is 0 Å². The van der Waals surface area contributed by atoms with Crippen LogP contribution in [0.4, 0.5) is 0 Å². The first-order valence-electron chi connectivity index (χ1n) is 11.5. The standard InChI is InChI=1S/C25H44N2O4/c1-17(21(29)31-19-15-24(6,7)27(11)25(8,9)16-19)12-20(28)30-18-13-22(2,3)26(10)23(4,5)14-18/h12,18-19H,13-16H2,1-11H3/b17-12+. The normalized spacial score (nSPS) is 27.0. The van der Waals surface area contributed by atoms with Crippen molar-refractivity contribution in [1.29, 1.82) is 0 Å². The molecule has 0 bridgehead atoms. The van der Waals surface area contributed by atoms with Crippen molar-refractivity contribution in [3.63, 3.8) is 0 Å². The maximum absolute atomic E-state index is 12.7. The van der Waals surface area contributed by atoms with Crippen molar-refractivity contribution in [3.05, 3.63) is 11.6 Å². The van der Waals surface area contributed by atoms with Crippen LogP contribution in [0.5, 0.6) is 0 Å². The van der Waals surface area contributed by atoms with E-state index in [9.17, 15) is 9.59 Å². The topological polar surface area (TPSA) is 59.1 Å². The maximum atomic E-state index is 12.7. The van der Waals surface area contributed by atoms with E-state index in [1.165, 1.54) is 6.08 Å². The van der Waals surface area contributed by atoms with Gasteiger partial charge in [-0.15, -0.1) is 0 Å². The lowest BCUT2D eigenvalue weighted by molar-refractivity contribution is -0.156. The second-order valence-electron chi connectivity index (χ2n) is 12.1. The molecule has 178 valence electrons. The summed E-state index contributed by atoms with van der Waals surface area (Å²) in [4.78, 5) is 29.9. The van der Waals surface area contributed by atoms with Gasteiger partial charge in [0.15, 0.2) is 0 Å². The van der Waals surface area contributed by atoms with Gasteiger partial charge in [0.25, 0.3) is 0 Å². The van der Waals surface area contributed by atoms with Gasteiger partial charge in [-0.05, 0) is 76.4 Å². The number of esters is 2. The molecular weight excluding hydrogens is 392 g/mol. The predicted octanol–water partition coefficient (Wildman–Crippen LogP) is 4.32. The zero-order valence-corrected chi connectivity index (χ0v) is 21.6. The van der Waals surface area contributed by atoms with Crippen LogP contribution in [-0.2, 0) is 19.1 Å². The Morgan fingerprint density at radius 2 is 1.03 bits per heavy atom. The molecule has 0 amide bonds. The Bertz CT molecular complexity index is 700. The summed E-state index contributed by atoms with van der Waals surface area (Å²) in [6.45, 7) is 18.9. The summed E-state index contributed by atoms with van der Waals surface area (Å²) in [6, 6.07) is 0. The Balaban J connectivity index is 2.00. The lowest BCUT2D eigenvalue weighted by Crippen LogP contribution is -2.60. The number of carbonyl (C=O) groups excluding carboxylic acids is 2. The van der Waals surface area contributed by atoms with Gasteiger partial charge in [0.05, 0.1) is 0 Å². The Hall–Kier alpha value is -1.40. The van der Waals surface area contributed by atoms with Crippen molar-refractivity contribution in [3.8, 4) is 0 Å². The minimum atomic E-state index is -0.473. The van der Waals surface area contributed by atoms with E-state index in [1.54, 1.807) is 6.92 Å². The predicted molar refractivity (Wildman–Crippen MR) is 124 cm³/mol. The first-order chi connectivity index (χ1) is 13.9. The number of likely N-dealkylation sites (tertiary alicyclic amines) is 2. The van der Waals surface area contributed by atoms with E-state index in [0.717, 1.165) is 25.7 Å². The summed E-state index contributed by atoms with van der Waals surface area (Å²) >= 11 is 0. The van der Waals surface area contributed by atoms with E-state index < -0.39 is 11.9 Å². The van der Waals surface area contributed by atoms with Crippen LogP contribution in [-0.4, -0.2) is 70.2 Å². The van der Waals surface area contributed by atoms with Gasteiger partial charge in [-0.25, -0.2) is 9.59 Å². The minimum Gasteiger partial charge on any atom is -0.459 e. The largest absolute Gasteiger partial charge is 0.459 e. The van der Waals surface area contributed by atoms with Crippen molar-refractivity contribution in [2.24, 2.45) is 0 Å². The minimum absolute atomic E-state index is 0.0713. The van der Waals surface area contributed by atoms with E-state index >= 15 is 0 Å². The number of hydrogen-bond donors (Lipinski definition) is 0. The number of carbonyl (C=O) groups is 2. The SMILES string of the molecule is C/C(=C\C(=O)OC1CC(C)(C)N(C)C(C)(C)C1)C(=O)OC1CC(C)(C)N(C)C(C)(C)C1. The summed E-state index contributed by atoms with van der Waals surface area (Å²) in [5.74, 6) is -0.915. The van der Waals surface area contributed by atoms with Crippen LogP contribution in [0.15, 0.2) is 11.6 Å². The second-order valence-corrected chi connectivity index (χ2v) is 12.1. The number of piperidine rings is 2. The second kappa shape index (κ2) is 8.51. The number of hydrogen-bond acceptors (Lipinski definition) is 6. The highest BCUT2D eigenvalue weighted by atomic mass is 16.5. The quantitative estimate of drug-likeness (QED) is 0.483. The van der Waals surface area contributed by atoms with E-state index in [1.807, 2.05) is 0 Å². The van der Waals surface area contributed by atoms with Crippen molar-refractivity contribution in [2.75, 3.05) is 14.1 Å².